The van der Waals surface area contributed by atoms with Gasteiger partial charge in [0.1, 0.15) is 0 Å². The molecule has 0 nitrogen and oxygen atoms in total. The van der Waals surface area contributed by atoms with Gasteiger partial charge >= 0.3 is 30.2 Å². The first-order valence-electron chi connectivity index (χ1n) is 17.5. The number of benzene rings is 4. The average molecular weight is 813 g/mol. The Bertz CT molecular complexity index is 1880. The molecule has 272 valence electrons. The normalized spacial score (nSPS) is 12.6. The molecule has 0 amide bonds. The van der Waals surface area contributed by atoms with E-state index in [1.807, 2.05) is 0 Å². The van der Waals surface area contributed by atoms with E-state index in [4.69, 9.17) is 0 Å². The Balaban J connectivity index is 0.000000461. The molecule has 1 saturated carbocycles. The van der Waals surface area contributed by atoms with Gasteiger partial charge in [0.15, 0.2) is 0 Å². The van der Waals surface area contributed by atoms with Crippen molar-refractivity contribution in [2.24, 2.45) is 0 Å². The summed E-state index contributed by atoms with van der Waals surface area (Å²) < 4.78 is 0. The molecule has 0 atom stereocenters. The van der Waals surface area contributed by atoms with E-state index in [0.717, 1.165) is 12.3 Å². The van der Waals surface area contributed by atoms with E-state index in [-0.39, 0.29) is 45.1 Å². The number of hydrogen-bond acceptors (Lipinski definition) is 0. The zero-order valence-corrected chi connectivity index (χ0v) is 37.2. The first-order chi connectivity index (χ1) is 22.7. The van der Waals surface area contributed by atoms with E-state index in [1.54, 1.807) is 5.56 Å². The summed E-state index contributed by atoms with van der Waals surface area (Å²) in [6, 6.07) is 41.1. The third kappa shape index (κ3) is 11.4. The first-order valence-corrected chi connectivity index (χ1v) is 21.7. The Morgan fingerprint density at radius 2 is 1.18 bits per heavy atom. The van der Waals surface area contributed by atoms with E-state index < -0.39 is 0 Å². The maximum absolute atomic E-state index is 3.06. The van der Waals surface area contributed by atoms with Gasteiger partial charge in [0.05, 0.1) is 0 Å². The van der Waals surface area contributed by atoms with Crippen LogP contribution in [0.1, 0.15) is 108 Å². The third-order valence-electron chi connectivity index (χ3n) is 10.0. The molecule has 1 aliphatic rings. The Morgan fingerprint density at radius 3 is 1.67 bits per heavy atom. The fourth-order valence-electron chi connectivity index (χ4n) is 7.13. The Labute approximate surface area is 340 Å². The van der Waals surface area contributed by atoms with Crippen molar-refractivity contribution < 1.29 is 23.3 Å². The molecule has 0 aliphatic heterocycles. The standard InChI is InChI=1S/C25H29.C20H21.2CH3.2ClH.Si.Zr/c1-25(2,3)22-14-12-19(13-15-22)23-11-7-10-20-16-21(17-24(20)23)18-8-5-4-6-9-18;1-4-15-12-18-6-5-7-19(20(18)13-15)17-10-8-16(9-11-17)14(2)3;;;;;;/h7,10-18H,4-6,8-9H2,1-3H3;5-14H,4H2,1-3H3;2*1H3;2*1H;;/q4*-1;;;;. The monoisotopic (exact) mass is 810 g/mol. The summed E-state index contributed by atoms with van der Waals surface area (Å²) in [4.78, 5) is 0. The Morgan fingerprint density at radius 1 is 0.686 bits per heavy atom. The van der Waals surface area contributed by atoms with Crippen LogP contribution in [0, 0.1) is 14.9 Å². The van der Waals surface area contributed by atoms with Crippen LogP contribution in [0.3, 0.4) is 0 Å². The number of rotatable bonds is 5. The zero-order chi connectivity index (χ0) is 33.6. The minimum absolute atomic E-state index is 0. The molecule has 6 aromatic rings. The summed E-state index contributed by atoms with van der Waals surface area (Å²) in [7, 11) is 0. The van der Waals surface area contributed by atoms with E-state index in [2.05, 4.69) is 158 Å². The van der Waals surface area contributed by atoms with E-state index >= 15 is 0 Å². The molecule has 51 heavy (non-hydrogen) atoms. The van der Waals surface area contributed by atoms with Gasteiger partial charge in [-0.1, -0.05) is 133 Å². The van der Waals surface area contributed by atoms with Gasteiger partial charge in [0, 0.05) is 0 Å². The molecule has 6 aromatic carbocycles. The van der Waals surface area contributed by atoms with E-state index in [1.165, 1.54) is 116 Å². The van der Waals surface area contributed by atoms with Gasteiger partial charge in [-0.15, -0.1) is 93.9 Å². The van der Waals surface area contributed by atoms with Gasteiger partial charge in [-0.2, -0.15) is 12.1 Å². The van der Waals surface area contributed by atoms with Crippen LogP contribution < -0.4 is 0 Å². The molecule has 0 spiro atoms. The molecule has 1 aliphatic carbocycles. The van der Waals surface area contributed by atoms with Crippen molar-refractivity contribution in [1.82, 2.24) is 0 Å². The predicted molar refractivity (Wildman–Crippen MR) is 231 cm³/mol. The van der Waals surface area contributed by atoms with Gasteiger partial charge in [0.2, 0.25) is 0 Å². The van der Waals surface area contributed by atoms with Crippen LogP contribution in [0.25, 0.3) is 43.8 Å². The molecular formula is C47H58Cl2SiZr-4. The Hall–Kier alpha value is -2.22. The second-order valence-corrected chi connectivity index (χ2v) is 14.6. The molecule has 0 saturated heterocycles. The fraction of sp³-hybridized carbons (Fsp3) is 0.319. The number of hydrogen-bond donors (Lipinski definition) is 0. The molecule has 1 fully saturated rings. The topological polar surface area (TPSA) is 0 Å². The van der Waals surface area contributed by atoms with Crippen molar-refractivity contribution in [2.75, 3.05) is 0 Å². The van der Waals surface area contributed by atoms with Crippen molar-refractivity contribution in [2.45, 2.75) is 97.3 Å². The predicted octanol–water partition coefficient (Wildman–Crippen LogP) is 14.8. The number of aryl methyl sites for hydroxylation is 1. The van der Waals surface area contributed by atoms with Crippen molar-refractivity contribution in [3.8, 4) is 22.3 Å². The summed E-state index contributed by atoms with van der Waals surface area (Å²) in [6.45, 7) is 16.6. The van der Waals surface area contributed by atoms with Crippen LogP contribution in [0.4, 0.5) is 0 Å². The quantitative estimate of drug-likeness (QED) is 0.120. The van der Waals surface area contributed by atoms with Crippen LogP contribution in [-0.4, -0.2) is 6.88 Å². The van der Waals surface area contributed by atoms with Gasteiger partial charge < -0.3 is 14.9 Å². The number of halogens is 2. The number of fused-ring (bicyclic) bond motifs is 2. The second kappa shape index (κ2) is 21.5. The second-order valence-electron chi connectivity index (χ2n) is 14.6. The van der Waals surface area contributed by atoms with Crippen LogP contribution in [0.2, 0.25) is 0 Å². The van der Waals surface area contributed by atoms with Crippen molar-refractivity contribution in [3.05, 3.63) is 146 Å². The Kier molecular flexibility index (Phi) is 19.7. The van der Waals surface area contributed by atoms with Crippen molar-refractivity contribution >= 4 is 53.2 Å². The summed E-state index contributed by atoms with van der Waals surface area (Å²) in [5.41, 5.74) is 11.4. The average Bonchev–Trinajstić information content (AvgIpc) is 3.74. The molecule has 0 N–H and O–H groups in total. The van der Waals surface area contributed by atoms with Gasteiger partial charge in [0.25, 0.3) is 0 Å². The first kappa shape index (κ1) is 46.8. The van der Waals surface area contributed by atoms with Crippen LogP contribution in [0.15, 0.2) is 109 Å². The summed E-state index contributed by atoms with van der Waals surface area (Å²) in [5.74, 6) is 1.36. The third-order valence-corrected chi connectivity index (χ3v) is 10.0. The SMILES string of the molecule is CC(C)(C)c1ccc(-c2cccc3[cH-]c(C4CCCCC4)cc23)cc1.CCc1cc2c(-c3ccc(C(C)C)cc3)cccc2[cH-]1.Cl.Cl.[CH3-].[CH3-].[Si]=[Zr]. The maximum atomic E-state index is 3.06. The van der Waals surface area contributed by atoms with Crippen LogP contribution >= 0.6 is 24.8 Å². The van der Waals surface area contributed by atoms with Gasteiger partial charge in [-0.05, 0) is 58.8 Å². The van der Waals surface area contributed by atoms with Crippen LogP contribution in [0.5, 0.6) is 0 Å². The van der Waals surface area contributed by atoms with Crippen molar-refractivity contribution in [3.63, 3.8) is 0 Å². The molecule has 0 heterocycles. The summed E-state index contributed by atoms with van der Waals surface area (Å²) in [6.07, 6.45) is 8.04. The summed E-state index contributed by atoms with van der Waals surface area (Å²) >= 11 is 1.36. The molecule has 0 unspecified atom stereocenters. The molecular weight excluding hydrogens is 755 g/mol. The fourth-order valence-corrected chi connectivity index (χ4v) is 7.13. The molecule has 4 heteroatoms. The van der Waals surface area contributed by atoms with E-state index in [0.29, 0.717) is 5.92 Å². The molecule has 2 radical (unpaired) electrons. The molecule has 0 bridgehead atoms. The van der Waals surface area contributed by atoms with Gasteiger partial charge in [-0.3, -0.25) is 0 Å². The van der Waals surface area contributed by atoms with Crippen LogP contribution in [-0.2, 0) is 35.2 Å². The summed E-state index contributed by atoms with van der Waals surface area (Å²) in [5, 5.41) is 5.55. The van der Waals surface area contributed by atoms with E-state index in [9.17, 15) is 0 Å². The zero-order valence-electron chi connectivity index (χ0n) is 32.1. The van der Waals surface area contributed by atoms with Gasteiger partial charge in [-0.25, -0.2) is 0 Å². The minimum atomic E-state index is 0. The molecule has 7 rings (SSSR count). The van der Waals surface area contributed by atoms with Crippen molar-refractivity contribution in [1.29, 1.82) is 0 Å². The molecule has 0 aromatic heterocycles.